The minimum Gasteiger partial charge on any atom is -0.372 e. The van der Waals surface area contributed by atoms with Crippen molar-refractivity contribution in [3.8, 4) is 12.1 Å². The Morgan fingerprint density at radius 3 is 1.08 bits per heavy atom. The molecule has 136 valence electrons. The maximum Gasteiger partial charge on any atom is 0.117 e. The molecule has 24 heavy (non-hydrogen) atoms. The van der Waals surface area contributed by atoms with E-state index in [-0.39, 0.29) is 11.1 Å². The van der Waals surface area contributed by atoms with Crippen molar-refractivity contribution in [2.45, 2.75) is 93.2 Å². The Labute approximate surface area is 149 Å². The van der Waals surface area contributed by atoms with Crippen molar-refractivity contribution in [1.29, 1.82) is 10.5 Å². The predicted octanol–water partition coefficient (Wildman–Crippen LogP) is 5.16. The van der Waals surface area contributed by atoms with E-state index in [1.54, 1.807) is 0 Å². The molecule has 0 atom stereocenters. The summed E-state index contributed by atoms with van der Waals surface area (Å²) < 4.78 is 0. The lowest BCUT2D eigenvalue weighted by Crippen LogP contribution is -2.35. The van der Waals surface area contributed by atoms with Crippen LogP contribution in [0.4, 0.5) is 0 Å². The minimum absolute atomic E-state index is 0.0263. The van der Waals surface area contributed by atoms with Crippen LogP contribution >= 0.6 is 0 Å². The molecule has 0 radical (unpaired) electrons. The van der Waals surface area contributed by atoms with Gasteiger partial charge in [0.1, 0.15) is 23.5 Å². The molecular formula is C20H36N4. The molecular weight excluding hydrogens is 296 g/mol. The molecule has 0 saturated heterocycles. The Balaban J connectivity index is 0. The lowest BCUT2D eigenvalue weighted by Gasteiger charge is -2.22. The number of rotatable bonds is 4. The van der Waals surface area contributed by atoms with Crippen LogP contribution in [0.5, 0.6) is 0 Å². The Bertz CT molecular complexity index is 476. The van der Waals surface area contributed by atoms with Gasteiger partial charge in [0.15, 0.2) is 0 Å². The second-order valence-corrected chi connectivity index (χ2v) is 7.99. The van der Waals surface area contributed by atoms with Crippen LogP contribution in [0.15, 0.2) is 22.5 Å². The Kier molecular flexibility index (Phi) is 10.9. The highest BCUT2D eigenvalue weighted by Gasteiger charge is 2.12. The van der Waals surface area contributed by atoms with Crippen molar-refractivity contribution < 1.29 is 0 Å². The lowest BCUT2D eigenvalue weighted by atomic mass is 10.1. The SMILES string of the molecule is CC/C(C)=C(/C#N)NC(C)(C)C.CC/C(C)=C(\C#N)NC(C)(C)C. The maximum atomic E-state index is 8.82. The molecule has 0 rings (SSSR count). The molecule has 4 nitrogen and oxygen atoms in total. The molecule has 0 saturated carbocycles. The third-order valence-electron chi connectivity index (χ3n) is 3.14. The van der Waals surface area contributed by atoms with E-state index in [1.165, 1.54) is 0 Å². The molecule has 0 bridgehead atoms. The Morgan fingerprint density at radius 1 is 0.708 bits per heavy atom. The molecule has 0 fully saturated rings. The molecule has 0 aliphatic heterocycles. The van der Waals surface area contributed by atoms with E-state index in [4.69, 9.17) is 10.5 Å². The van der Waals surface area contributed by atoms with Crippen LogP contribution in [-0.4, -0.2) is 11.1 Å². The van der Waals surface area contributed by atoms with Gasteiger partial charge >= 0.3 is 0 Å². The van der Waals surface area contributed by atoms with Crippen LogP contribution in [0, 0.1) is 22.7 Å². The molecule has 0 heterocycles. The van der Waals surface area contributed by atoms with Crippen LogP contribution in [0.2, 0.25) is 0 Å². The molecule has 0 aliphatic carbocycles. The van der Waals surface area contributed by atoms with Gasteiger partial charge in [0, 0.05) is 11.1 Å². The number of allylic oxidation sites excluding steroid dienone is 4. The number of hydrogen-bond acceptors (Lipinski definition) is 4. The van der Waals surface area contributed by atoms with Gasteiger partial charge in [-0.3, -0.25) is 0 Å². The van der Waals surface area contributed by atoms with Gasteiger partial charge in [-0.25, -0.2) is 0 Å². The summed E-state index contributed by atoms with van der Waals surface area (Å²) in [6.07, 6.45) is 1.85. The summed E-state index contributed by atoms with van der Waals surface area (Å²) >= 11 is 0. The van der Waals surface area contributed by atoms with Crippen LogP contribution in [0.1, 0.15) is 82.1 Å². The van der Waals surface area contributed by atoms with Gasteiger partial charge in [0.05, 0.1) is 0 Å². The monoisotopic (exact) mass is 332 g/mol. The minimum atomic E-state index is -0.0263. The van der Waals surface area contributed by atoms with E-state index < -0.39 is 0 Å². The van der Waals surface area contributed by atoms with Gasteiger partial charge in [-0.2, -0.15) is 10.5 Å². The summed E-state index contributed by atoms with van der Waals surface area (Å²) in [6.45, 7) is 20.4. The number of hydrogen-bond donors (Lipinski definition) is 2. The van der Waals surface area contributed by atoms with E-state index in [1.807, 2.05) is 55.4 Å². The van der Waals surface area contributed by atoms with Gasteiger partial charge in [0.2, 0.25) is 0 Å². The molecule has 0 aromatic heterocycles. The van der Waals surface area contributed by atoms with Crippen LogP contribution in [0.3, 0.4) is 0 Å². The van der Waals surface area contributed by atoms with Gasteiger partial charge < -0.3 is 10.6 Å². The smallest absolute Gasteiger partial charge is 0.117 e. The van der Waals surface area contributed by atoms with E-state index >= 15 is 0 Å². The quantitative estimate of drug-likeness (QED) is 0.697. The highest BCUT2D eigenvalue weighted by Crippen LogP contribution is 2.10. The average Bonchev–Trinajstić information content (AvgIpc) is 2.47. The van der Waals surface area contributed by atoms with Crippen molar-refractivity contribution in [3.05, 3.63) is 22.5 Å². The molecule has 4 heteroatoms. The van der Waals surface area contributed by atoms with Crippen molar-refractivity contribution in [2.24, 2.45) is 0 Å². The molecule has 0 spiro atoms. The van der Waals surface area contributed by atoms with Crippen LogP contribution in [0.25, 0.3) is 0 Å². The fraction of sp³-hybridized carbons (Fsp3) is 0.700. The van der Waals surface area contributed by atoms with E-state index in [0.29, 0.717) is 11.4 Å². The first-order valence-electron chi connectivity index (χ1n) is 8.57. The fourth-order valence-electron chi connectivity index (χ4n) is 1.56. The van der Waals surface area contributed by atoms with Crippen molar-refractivity contribution in [2.75, 3.05) is 0 Å². The van der Waals surface area contributed by atoms with Crippen molar-refractivity contribution in [1.82, 2.24) is 10.6 Å². The second kappa shape index (κ2) is 10.8. The number of nitriles is 2. The number of nitrogens with one attached hydrogen (secondary N) is 2. The first-order valence-corrected chi connectivity index (χ1v) is 8.57. The first kappa shape index (κ1) is 24.3. The van der Waals surface area contributed by atoms with E-state index in [9.17, 15) is 0 Å². The van der Waals surface area contributed by atoms with E-state index in [0.717, 1.165) is 24.0 Å². The summed E-state index contributed by atoms with van der Waals surface area (Å²) in [7, 11) is 0. The molecule has 0 aliphatic rings. The third-order valence-corrected chi connectivity index (χ3v) is 3.14. The first-order chi connectivity index (χ1) is 10.8. The predicted molar refractivity (Wildman–Crippen MR) is 103 cm³/mol. The second-order valence-electron chi connectivity index (χ2n) is 7.99. The number of nitrogens with zero attached hydrogens (tertiary/aromatic N) is 2. The lowest BCUT2D eigenvalue weighted by molar-refractivity contribution is 0.477. The van der Waals surface area contributed by atoms with Gasteiger partial charge in [-0.05, 0) is 79.4 Å². The van der Waals surface area contributed by atoms with Crippen LogP contribution < -0.4 is 10.6 Å². The highest BCUT2D eigenvalue weighted by atomic mass is 15.0. The Morgan fingerprint density at radius 2 is 0.958 bits per heavy atom. The molecule has 0 aromatic rings. The zero-order valence-corrected chi connectivity index (χ0v) is 17.3. The van der Waals surface area contributed by atoms with Gasteiger partial charge in [-0.1, -0.05) is 13.8 Å². The maximum absolute atomic E-state index is 8.82. The summed E-state index contributed by atoms with van der Waals surface area (Å²) in [4.78, 5) is 0. The standard InChI is InChI=1S/2C10H18N2/c2*1-6-8(2)9(7-11)12-10(3,4)5/h2*12H,6H2,1-5H3/b9-8+;9-8-. The van der Waals surface area contributed by atoms with Gasteiger partial charge in [-0.15, -0.1) is 0 Å². The topological polar surface area (TPSA) is 71.6 Å². The van der Waals surface area contributed by atoms with Crippen molar-refractivity contribution in [3.63, 3.8) is 0 Å². The molecule has 0 amide bonds. The average molecular weight is 333 g/mol. The zero-order chi connectivity index (χ0) is 19.6. The summed E-state index contributed by atoms with van der Waals surface area (Å²) in [5.41, 5.74) is 3.61. The Hall–Kier alpha value is -1.94. The molecule has 0 unspecified atom stereocenters. The van der Waals surface area contributed by atoms with Gasteiger partial charge in [0.25, 0.3) is 0 Å². The summed E-state index contributed by atoms with van der Waals surface area (Å²) in [5, 5.41) is 24.0. The van der Waals surface area contributed by atoms with Crippen LogP contribution in [-0.2, 0) is 0 Å². The summed E-state index contributed by atoms with van der Waals surface area (Å²) in [5.74, 6) is 0. The largest absolute Gasteiger partial charge is 0.372 e. The normalized spacial score (nSPS) is 13.3. The van der Waals surface area contributed by atoms with E-state index in [2.05, 4.69) is 36.6 Å². The molecule has 0 aromatic carbocycles. The zero-order valence-electron chi connectivity index (χ0n) is 17.3. The van der Waals surface area contributed by atoms with Crippen molar-refractivity contribution >= 4 is 0 Å². The fourth-order valence-corrected chi connectivity index (χ4v) is 1.56. The molecule has 2 N–H and O–H groups in total. The third kappa shape index (κ3) is 12.6. The summed E-state index contributed by atoms with van der Waals surface area (Å²) in [6, 6.07) is 4.36. The highest BCUT2D eigenvalue weighted by molar-refractivity contribution is 5.26.